The molecule has 1 aromatic carbocycles. The van der Waals surface area contributed by atoms with Crippen molar-refractivity contribution in [1.82, 2.24) is 0 Å². The summed E-state index contributed by atoms with van der Waals surface area (Å²) < 4.78 is 12.8. The van der Waals surface area contributed by atoms with Gasteiger partial charge >= 0.3 is 8.56 Å². The lowest BCUT2D eigenvalue weighted by Crippen LogP contribution is -2.52. The lowest BCUT2D eigenvalue weighted by atomic mass is 10.2. The van der Waals surface area contributed by atoms with Crippen molar-refractivity contribution in [2.45, 2.75) is 26.3 Å². The molecule has 0 heterocycles. The van der Waals surface area contributed by atoms with Gasteiger partial charge in [-0.1, -0.05) is 26.0 Å². The zero-order valence-electron chi connectivity index (χ0n) is 11.0. The van der Waals surface area contributed by atoms with Gasteiger partial charge in [-0.3, -0.25) is 0 Å². The molecule has 96 valence electrons. The highest BCUT2D eigenvalue weighted by molar-refractivity contribution is 14.1. The van der Waals surface area contributed by atoms with E-state index in [4.69, 9.17) is 8.85 Å². The summed E-state index contributed by atoms with van der Waals surface area (Å²) in [7, 11) is 1.34. The third-order valence-corrected chi connectivity index (χ3v) is 7.19. The van der Waals surface area contributed by atoms with Crippen molar-refractivity contribution in [3.63, 3.8) is 0 Å². The Morgan fingerprint density at radius 1 is 1.12 bits per heavy atom. The molecule has 0 amide bonds. The van der Waals surface area contributed by atoms with E-state index in [0.717, 1.165) is 12.5 Å². The van der Waals surface area contributed by atoms with Gasteiger partial charge in [0, 0.05) is 17.8 Å². The van der Waals surface area contributed by atoms with E-state index in [2.05, 4.69) is 60.7 Å². The van der Waals surface area contributed by atoms with E-state index in [1.165, 1.54) is 8.76 Å². The third kappa shape index (κ3) is 4.05. The largest absolute Gasteiger partial charge is 0.394 e. The normalized spacial score (nSPS) is 12.1. The summed E-state index contributed by atoms with van der Waals surface area (Å²) in [5, 5.41) is 1.23. The van der Waals surface area contributed by atoms with E-state index >= 15 is 0 Å². The monoisotopic (exact) mass is 364 g/mol. The molecule has 0 fully saturated rings. The van der Waals surface area contributed by atoms with E-state index in [1.54, 1.807) is 14.2 Å². The van der Waals surface area contributed by atoms with Gasteiger partial charge < -0.3 is 8.85 Å². The molecular weight excluding hydrogens is 343 g/mol. The smallest absolute Gasteiger partial charge is 0.372 e. The first kappa shape index (κ1) is 15.1. The molecule has 17 heavy (non-hydrogen) atoms. The lowest BCUT2D eigenvalue weighted by Gasteiger charge is -2.28. The Balaban J connectivity index is 2.93. The molecule has 0 bridgehead atoms. The molecule has 1 rings (SSSR count). The predicted octanol–water partition coefficient (Wildman–Crippen LogP) is 3.28. The Bertz CT molecular complexity index is 334. The molecule has 0 aliphatic carbocycles. The molecule has 2 nitrogen and oxygen atoms in total. The summed E-state index contributed by atoms with van der Waals surface area (Å²) in [6.07, 6.45) is 1.14. The molecule has 0 N–H and O–H groups in total. The molecule has 0 aliphatic rings. The summed E-state index contributed by atoms with van der Waals surface area (Å²) in [4.78, 5) is 0. The SMILES string of the molecule is CO[Si](CCC(C)C)(OC)c1ccc(I)cc1. The van der Waals surface area contributed by atoms with Gasteiger partial charge in [0.1, 0.15) is 0 Å². The van der Waals surface area contributed by atoms with Crippen LogP contribution >= 0.6 is 22.6 Å². The maximum Gasteiger partial charge on any atom is 0.372 e. The van der Waals surface area contributed by atoms with Crippen molar-refractivity contribution < 1.29 is 8.85 Å². The topological polar surface area (TPSA) is 18.5 Å². The van der Waals surface area contributed by atoms with Crippen molar-refractivity contribution in [2.24, 2.45) is 5.92 Å². The highest BCUT2D eigenvalue weighted by Gasteiger charge is 2.37. The molecule has 0 radical (unpaired) electrons. The summed E-state index contributed by atoms with van der Waals surface area (Å²) in [5.74, 6) is 0.677. The second-order valence-electron chi connectivity index (χ2n) is 4.60. The van der Waals surface area contributed by atoms with Gasteiger partial charge in [0.05, 0.1) is 0 Å². The Labute approximate surface area is 119 Å². The molecule has 0 aliphatic heterocycles. The minimum absolute atomic E-state index is 0.677. The number of hydrogen-bond donors (Lipinski definition) is 0. The zero-order chi connectivity index (χ0) is 12.9. The van der Waals surface area contributed by atoms with E-state index in [-0.39, 0.29) is 0 Å². The first-order valence-corrected chi connectivity index (χ1v) is 9.00. The van der Waals surface area contributed by atoms with Gasteiger partial charge in [-0.25, -0.2) is 0 Å². The molecule has 0 saturated carbocycles. The summed E-state index contributed by atoms with van der Waals surface area (Å²) >= 11 is 2.31. The first-order valence-electron chi connectivity index (χ1n) is 5.90. The average Bonchev–Trinajstić information content (AvgIpc) is 2.32. The minimum atomic E-state index is -2.21. The molecule has 0 aromatic heterocycles. The van der Waals surface area contributed by atoms with Crippen LogP contribution in [-0.2, 0) is 8.85 Å². The van der Waals surface area contributed by atoms with Crippen LogP contribution in [0.25, 0.3) is 0 Å². The summed E-state index contributed by atoms with van der Waals surface area (Å²) in [5.41, 5.74) is 0. The van der Waals surface area contributed by atoms with Crippen LogP contribution < -0.4 is 5.19 Å². The van der Waals surface area contributed by atoms with Crippen LogP contribution in [0, 0.1) is 9.49 Å². The molecule has 0 saturated heterocycles. The number of halogens is 1. The van der Waals surface area contributed by atoms with Crippen molar-refractivity contribution >= 4 is 36.3 Å². The Morgan fingerprint density at radius 3 is 2.06 bits per heavy atom. The maximum atomic E-state index is 5.78. The predicted molar refractivity (Wildman–Crippen MR) is 82.8 cm³/mol. The Hall–Kier alpha value is 0.0869. The fourth-order valence-corrected chi connectivity index (χ4v) is 5.18. The van der Waals surface area contributed by atoms with Gasteiger partial charge in [-0.2, -0.15) is 0 Å². The van der Waals surface area contributed by atoms with E-state index in [0.29, 0.717) is 5.92 Å². The summed E-state index contributed by atoms with van der Waals surface area (Å²) in [6.45, 7) is 4.47. The first-order chi connectivity index (χ1) is 8.04. The van der Waals surface area contributed by atoms with Crippen LogP contribution in [-0.4, -0.2) is 22.8 Å². The van der Waals surface area contributed by atoms with E-state index in [1.807, 2.05) is 0 Å². The van der Waals surface area contributed by atoms with Crippen molar-refractivity contribution in [3.05, 3.63) is 27.8 Å². The van der Waals surface area contributed by atoms with Crippen molar-refractivity contribution in [2.75, 3.05) is 14.2 Å². The van der Waals surface area contributed by atoms with E-state index < -0.39 is 8.56 Å². The van der Waals surface area contributed by atoms with Crippen molar-refractivity contribution in [3.8, 4) is 0 Å². The highest BCUT2D eigenvalue weighted by atomic mass is 127. The Kier molecular flexibility index (Phi) is 6.12. The highest BCUT2D eigenvalue weighted by Crippen LogP contribution is 2.19. The molecule has 4 heteroatoms. The molecular formula is C13H21IO2Si. The Morgan fingerprint density at radius 2 is 1.65 bits per heavy atom. The van der Waals surface area contributed by atoms with Crippen LogP contribution in [0.15, 0.2) is 24.3 Å². The average molecular weight is 364 g/mol. The van der Waals surface area contributed by atoms with Gasteiger partial charge in [0.25, 0.3) is 0 Å². The van der Waals surface area contributed by atoms with Crippen LogP contribution in [0.3, 0.4) is 0 Å². The second kappa shape index (κ2) is 6.87. The fraction of sp³-hybridized carbons (Fsp3) is 0.538. The minimum Gasteiger partial charge on any atom is -0.394 e. The number of rotatable bonds is 6. The van der Waals surface area contributed by atoms with Crippen LogP contribution in [0.2, 0.25) is 6.04 Å². The third-order valence-electron chi connectivity index (χ3n) is 2.99. The van der Waals surface area contributed by atoms with Gasteiger partial charge in [-0.15, -0.1) is 0 Å². The van der Waals surface area contributed by atoms with Gasteiger partial charge in [0.2, 0.25) is 0 Å². The molecule has 0 unspecified atom stereocenters. The fourth-order valence-electron chi connectivity index (χ4n) is 1.85. The number of benzene rings is 1. The zero-order valence-corrected chi connectivity index (χ0v) is 14.2. The maximum absolute atomic E-state index is 5.78. The molecule has 1 aromatic rings. The van der Waals surface area contributed by atoms with E-state index in [9.17, 15) is 0 Å². The number of hydrogen-bond acceptors (Lipinski definition) is 2. The lowest BCUT2D eigenvalue weighted by molar-refractivity contribution is 0.254. The standard InChI is InChI=1S/C13H21IO2Si/c1-11(2)9-10-17(15-3,16-4)13-7-5-12(14)6-8-13/h5-8,11H,9-10H2,1-4H3. The van der Waals surface area contributed by atoms with Gasteiger partial charge in [-0.05, 0) is 58.3 Å². The quantitative estimate of drug-likeness (QED) is 0.570. The molecule has 0 atom stereocenters. The van der Waals surface area contributed by atoms with Gasteiger partial charge in [0.15, 0.2) is 0 Å². The summed E-state index contributed by atoms with van der Waals surface area (Å²) in [6, 6.07) is 9.52. The van der Waals surface area contributed by atoms with Crippen LogP contribution in [0.1, 0.15) is 20.3 Å². The molecule has 0 spiro atoms. The van der Waals surface area contributed by atoms with Crippen molar-refractivity contribution in [1.29, 1.82) is 0 Å². The second-order valence-corrected chi connectivity index (χ2v) is 9.25. The van der Waals surface area contributed by atoms with Crippen LogP contribution in [0.5, 0.6) is 0 Å². The van der Waals surface area contributed by atoms with Crippen LogP contribution in [0.4, 0.5) is 0 Å².